The predicted molar refractivity (Wildman–Crippen MR) is 129 cm³/mol. The van der Waals surface area contributed by atoms with Crippen LogP contribution >= 0.6 is 0 Å². The summed E-state index contributed by atoms with van der Waals surface area (Å²) in [6, 6.07) is 12.3. The minimum atomic E-state index is -3.33. The van der Waals surface area contributed by atoms with E-state index in [4.69, 9.17) is 0 Å². The van der Waals surface area contributed by atoms with E-state index in [9.17, 15) is 17.6 Å². The lowest BCUT2D eigenvalue weighted by Gasteiger charge is -2.26. The van der Waals surface area contributed by atoms with Crippen molar-refractivity contribution in [3.05, 3.63) is 65.6 Å². The number of sulfonamides is 1. The van der Waals surface area contributed by atoms with E-state index in [0.717, 1.165) is 47.8 Å². The highest BCUT2D eigenvalue weighted by atomic mass is 32.2. The number of nitrogens with one attached hydrogen (secondary N) is 2. The van der Waals surface area contributed by atoms with E-state index in [1.165, 1.54) is 24.6 Å². The van der Waals surface area contributed by atoms with Crippen molar-refractivity contribution < 1.29 is 17.6 Å². The van der Waals surface area contributed by atoms with Crippen molar-refractivity contribution in [2.75, 3.05) is 15.8 Å². The fourth-order valence-electron chi connectivity index (χ4n) is 4.96. The molecule has 1 saturated carbocycles. The standard InChI is InChI=1S/C25H26FN3O3S/c26-18-9-11-24-17(15-18)16-20(29(24)19-5-2-1-3-6-19)10-12-25(30)27-22-7-4-8-23-21(22)13-14-33(31,32)28-23/h4,7-12,15-16,19,28H,1-3,5-6,13-14H2,(H,27,30)/b12-10+. The van der Waals surface area contributed by atoms with Crippen LogP contribution in [0.25, 0.3) is 17.0 Å². The van der Waals surface area contributed by atoms with E-state index >= 15 is 0 Å². The largest absolute Gasteiger partial charge is 0.338 e. The van der Waals surface area contributed by atoms with Gasteiger partial charge in [-0.3, -0.25) is 9.52 Å². The topological polar surface area (TPSA) is 80.2 Å². The van der Waals surface area contributed by atoms with Gasteiger partial charge in [0.15, 0.2) is 0 Å². The van der Waals surface area contributed by atoms with E-state index in [1.807, 2.05) is 12.1 Å². The fourth-order valence-corrected chi connectivity index (χ4v) is 6.06. The van der Waals surface area contributed by atoms with Gasteiger partial charge in [0.25, 0.3) is 0 Å². The minimum absolute atomic E-state index is 0.0131. The first-order valence-electron chi connectivity index (χ1n) is 11.3. The molecule has 8 heteroatoms. The smallest absolute Gasteiger partial charge is 0.248 e. The molecule has 33 heavy (non-hydrogen) atoms. The Hall–Kier alpha value is -3.13. The maximum atomic E-state index is 13.8. The number of amides is 1. The molecule has 2 aliphatic rings. The van der Waals surface area contributed by atoms with E-state index in [0.29, 0.717) is 23.8 Å². The number of rotatable bonds is 4. The molecule has 1 aliphatic carbocycles. The molecule has 0 unspecified atom stereocenters. The second-order valence-corrected chi connectivity index (χ2v) is 10.6. The van der Waals surface area contributed by atoms with Gasteiger partial charge in [0, 0.05) is 40.0 Å². The highest BCUT2D eigenvalue weighted by Crippen LogP contribution is 2.35. The molecule has 0 saturated heterocycles. The highest BCUT2D eigenvalue weighted by molar-refractivity contribution is 7.92. The Bertz CT molecular complexity index is 1350. The van der Waals surface area contributed by atoms with E-state index in [2.05, 4.69) is 14.6 Å². The summed E-state index contributed by atoms with van der Waals surface area (Å²) in [6.45, 7) is 0. The number of hydrogen-bond donors (Lipinski definition) is 2. The normalized spacial score (nSPS) is 18.2. The number of hydrogen-bond acceptors (Lipinski definition) is 3. The van der Waals surface area contributed by atoms with Crippen LogP contribution in [0.3, 0.4) is 0 Å². The summed E-state index contributed by atoms with van der Waals surface area (Å²) in [7, 11) is -3.33. The lowest BCUT2D eigenvalue weighted by molar-refractivity contribution is -0.111. The van der Waals surface area contributed by atoms with Crippen LogP contribution in [0.5, 0.6) is 0 Å². The summed E-state index contributed by atoms with van der Waals surface area (Å²) in [4.78, 5) is 12.7. The van der Waals surface area contributed by atoms with Gasteiger partial charge in [0.05, 0.1) is 11.4 Å². The highest BCUT2D eigenvalue weighted by Gasteiger charge is 2.23. The van der Waals surface area contributed by atoms with Gasteiger partial charge in [0.2, 0.25) is 15.9 Å². The van der Waals surface area contributed by atoms with Crippen LogP contribution in [0, 0.1) is 5.82 Å². The molecule has 2 heterocycles. The van der Waals surface area contributed by atoms with Crippen molar-refractivity contribution in [2.24, 2.45) is 0 Å². The summed E-state index contributed by atoms with van der Waals surface area (Å²) in [5.41, 5.74) is 3.73. The summed E-state index contributed by atoms with van der Waals surface area (Å²) < 4.78 is 42.3. The Kier molecular flexibility index (Phi) is 5.70. The lowest BCUT2D eigenvalue weighted by atomic mass is 9.95. The molecule has 172 valence electrons. The first-order valence-corrected chi connectivity index (χ1v) is 13.0. The predicted octanol–water partition coefficient (Wildman–Crippen LogP) is 5.24. The Balaban J connectivity index is 1.42. The molecule has 0 radical (unpaired) electrons. The Morgan fingerprint density at radius 2 is 1.94 bits per heavy atom. The quantitative estimate of drug-likeness (QED) is 0.515. The number of nitrogens with zero attached hydrogens (tertiary/aromatic N) is 1. The van der Waals surface area contributed by atoms with Crippen LogP contribution in [-0.4, -0.2) is 24.6 Å². The van der Waals surface area contributed by atoms with E-state index in [-0.39, 0.29) is 17.5 Å². The summed E-state index contributed by atoms with van der Waals surface area (Å²) in [5.74, 6) is -0.592. The molecule has 0 spiro atoms. The number of carbonyl (C=O) groups is 1. The van der Waals surface area contributed by atoms with Crippen LogP contribution in [0.1, 0.15) is 49.4 Å². The molecule has 0 atom stereocenters. The zero-order chi connectivity index (χ0) is 23.0. The van der Waals surface area contributed by atoms with Gasteiger partial charge in [-0.15, -0.1) is 0 Å². The summed E-state index contributed by atoms with van der Waals surface area (Å²) >= 11 is 0. The number of carbonyl (C=O) groups excluding carboxylic acids is 1. The lowest BCUT2D eigenvalue weighted by Crippen LogP contribution is -2.25. The van der Waals surface area contributed by atoms with Crippen molar-refractivity contribution >= 4 is 44.3 Å². The van der Waals surface area contributed by atoms with E-state index in [1.54, 1.807) is 24.3 Å². The van der Waals surface area contributed by atoms with Gasteiger partial charge in [0.1, 0.15) is 5.82 Å². The second kappa shape index (κ2) is 8.67. The van der Waals surface area contributed by atoms with Gasteiger partial charge in [-0.25, -0.2) is 12.8 Å². The number of anilines is 2. The number of benzene rings is 2. The average molecular weight is 468 g/mol. The van der Waals surface area contributed by atoms with Crippen LogP contribution < -0.4 is 10.0 Å². The van der Waals surface area contributed by atoms with E-state index < -0.39 is 10.0 Å². The molecule has 1 fully saturated rings. The molecular formula is C25H26FN3O3S. The molecule has 3 aromatic rings. The van der Waals surface area contributed by atoms with Gasteiger partial charge in [-0.05, 0) is 61.7 Å². The van der Waals surface area contributed by atoms with Crippen molar-refractivity contribution in [1.82, 2.24) is 4.57 Å². The molecular weight excluding hydrogens is 441 g/mol. The minimum Gasteiger partial charge on any atom is -0.338 e. The van der Waals surface area contributed by atoms with Gasteiger partial charge < -0.3 is 9.88 Å². The third-order valence-corrected chi connectivity index (χ3v) is 7.77. The maximum Gasteiger partial charge on any atom is 0.248 e. The van der Waals surface area contributed by atoms with Crippen molar-refractivity contribution in [1.29, 1.82) is 0 Å². The molecule has 2 aromatic carbocycles. The third kappa shape index (κ3) is 4.53. The van der Waals surface area contributed by atoms with Gasteiger partial charge >= 0.3 is 0 Å². The van der Waals surface area contributed by atoms with Crippen molar-refractivity contribution in [2.45, 2.75) is 44.6 Å². The zero-order valence-electron chi connectivity index (χ0n) is 18.2. The molecule has 1 aromatic heterocycles. The van der Waals surface area contributed by atoms with Gasteiger partial charge in [-0.1, -0.05) is 25.3 Å². The summed E-state index contributed by atoms with van der Waals surface area (Å²) in [6.07, 6.45) is 9.30. The molecule has 5 rings (SSSR count). The number of halogens is 1. The van der Waals surface area contributed by atoms with Crippen molar-refractivity contribution in [3.63, 3.8) is 0 Å². The molecule has 2 N–H and O–H groups in total. The Labute approximate surface area is 192 Å². The molecule has 6 nitrogen and oxygen atoms in total. The Morgan fingerprint density at radius 1 is 1.12 bits per heavy atom. The average Bonchev–Trinajstić information content (AvgIpc) is 3.15. The first kappa shape index (κ1) is 21.7. The Morgan fingerprint density at radius 3 is 2.76 bits per heavy atom. The maximum absolute atomic E-state index is 13.8. The zero-order valence-corrected chi connectivity index (χ0v) is 19.0. The SMILES string of the molecule is O=C(/C=C/c1cc2cc(F)ccc2n1C1CCCCC1)Nc1cccc2c1CCS(=O)(=O)N2. The van der Waals surface area contributed by atoms with Crippen LogP contribution in [0.4, 0.5) is 15.8 Å². The molecule has 1 amide bonds. The van der Waals surface area contributed by atoms with Gasteiger partial charge in [-0.2, -0.15) is 0 Å². The summed E-state index contributed by atoms with van der Waals surface area (Å²) in [5, 5.41) is 3.70. The van der Waals surface area contributed by atoms with Crippen molar-refractivity contribution in [3.8, 4) is 0 Å². The molecule has 0 bridgehead atoms. The number of aromatic nitrogens is 1. The monoisotopic (exact) mass is 467 g/mol. The first-order chi connectivity index (χ1) is 15.9. The number of fused-ring (bicyclic) bond motifs is 2. The second-order valence-electron chi connectivity index (χ2n) is 8.76. The van der Waals surface area contributed by atoms with Crippen LogP contribution in [0.2, 0.25) is 0 Å². The van der Waals surface area contributed by atoms with Crippen LogP contribution in [-0.2, 0) is 21.2 Å². The molecule has 1 aliphatic heterocycles. The van der Waals surface area contributed by atoms with Crippen LogP contribution in [0.15, 0.2) is 48.5 Å². The fraction of sp³-hybridized carbons (Fsp3) is 0.320. The third-order valence-electron chi connectivity index (χ3n) is 6.50.